The van der Waals surface area contributed by atoms with Gasteiger partial charge in [0.15, 0.2) is 11.6 Å². The van der Waals surface area contributed by atoms with Crippen molar-refractivity contribution in [2.24, 2.45) is 0 Å². The number of aliphatic hydroxyl groups excluding tert-OH is 1. The summed E-state index contributed by atoms with van der Waals surface area (Å²) in [5.74, 6) is -1.35. The van der Waals surface area contributed by atoms with Gasteiger partial charge in [-0.15, -0.1) is 12.4 Å². The number of fused-ring (bicyclic) bond motifs is 2. The summed E-state index contributed by atoms with van der Waals surface area (Å²) in [6, 6.07) is 22.4. The Balaban J connectivity index is 0.000000198. The fourth-order valence-electron chi connectivity index (χ4n) is 8.71. The second kappa shape index (κ2) is 20.2. The number of benzene rings is 4. The van der Waals surface area contributed by atoms with Crippen LogP contribution in [-0.2, 0) is 55.6 Å². The number of carbonyl (C=O) groups excluding carboxylic acids is 7. The number of carbonyl (C=O) groups is 7. The van der Waals surface area contributed by atoms with E-state index in [9.17, 15) is 42.0 Å². The summed E-state index contributed by atoms with van der Waals surface area (Å²) in [5.41, 5.74) is 4.00. The van der Waals surface area contributed by atoms with E-state index < -0.39 is 39.7 Å². The number of nitrogens with zero attached hydrogens (tertiary/aromatic N) is 4. The molecule has 9 rings (SSSR count). The summed E-state index contributed by atoms with van der Waals surface area (Å²) in [5, 5.41) is 9.11. The van der Waals surface area contributed by atoms with Crippen molar-refractivity contribution >= 4 is 63.3 Å². The number of rotatable bonds is 11. The van der Waals surface area contributed by atoms with Crippen molar-refractivity contribution < 1.29 is 56.6 Å². The molecule has 0 aromatic heterocycles. The zero-order valence-electron chi connectivity index (χ0n) is 36.2. The predicted molar refractivity (Wildman–Crippen MR) is 240 cm³/mol. The summed E-state index contributed by atoms with van der Waals surface area (Å²) in [6.45, 7) is 2.96. The molecule has 4 aromatic carbocycles. The highest BCUT2D eigenvalue weighted by Crippen LogP contribution is 2.36. The average Bonchev–Trinajstić information content (AvgIpc) is 3.77. The van der Waals surface area contributed by atoms with Crippen molar-refractivity contribution in [3.8, 4) is 11.5 Å². The number of hydrogen-bond acceptors (Lipinski definition) is 13. The number of halogens is 1. The minimum Gasteiger partial charge on any atom is -0.489 e. The van der Waals surface area contributed by atoms with Gasteiger partial charge >= 0.3 is 0 Å². The lowest BCUT2D eigenvalue weighted by Crippen LogP contribution is -2.47. The molecule has 0 spiro atoms. The fraction of sp³-hybridized carbons (Fsp3) is 0.354. The van der Waals surface area contributed by atoms with Crippen molar-refractivity contribution in [3.63, 3.8) is 0 Å². The van der Waals surface area contributed by atoms with Crippen LogP contribution in [0.1, 0.15) is 91.9 Å². The van der Waals surface area contributed by atoms with E-state index in [4.69, 9.17) is 14.6 Å². The van der Waals surface area contributed by atoms with Gasteiger partial charge in [-0.25, -0.2) is 8.42 Å². The lowest BCUT2D eigenvalue weighted by atomic mass is 9.92. The van der Waals surface area contributed by atoms with E-state index in [-0.39, 0.29) is 109 Å². The lowest BCUT2D eigenvalue weighted by Gasteiger charge is -2.31. The molecule has 346 valence electrons. The highest BCUT2D eigenvalue weighted by Gasteiger charge is 2.46. The van der Waals surface area contributed by atoms with Gasteiger partial charge in [-0.1, -0.05) is 48.5 Å². The van der Waals surface area contributed by atoms with Gasteiger partial charge in [0.1, 0.15) is 36.3 Å². The SMILES string of the molecule is CN1CCN(S(=O)(=O)c2ccc(COc3cccc4c3CN(C3CCC(=O)CC3=O)C4=O)cc2)CC1.Cl.O=C1CCC(N2C(=O)c3cccc(OCc4ccc(CO)cc4)c3C2=O)C(=O)C1. The molecule has 2 aliphatic carbocycles. The molecule has 3 fully saturated rings. The first-order valence-corrected chi connectivity index (χ1v) is 22.9. The molecule has 0 bridgehead atoms. The molecule has 4 aromatic rings. The van der Waals surface area contributed by atoms with Crippen molar-refractivity contribution in [1.29, 1.82) is 0 Å². The van der Waals surface area contributed by atoms with Gasteiger partial charge in [-0.05, 0) is 73.0 Å². The van der Waals surface area contributed by atoms with Gasteiger partial charge in [-0.3, -0.25) is 38.5 Å². The topological polar surface area (TPSA) is 205 Å². The number of likely N-dealkylation sites (N-methyl/N-ethyl adjacent to an activating group) is 1. The Morgan fingerprint density at radius 3 is 1.74 bits per heavy atom. The van der Waals surface area contributed by atoms with Crippen LogP contribution in [0.25, 0.3) is 0 Å². The van der Waals surface area contributed by atoms with E-state index in [0.717, 1.165) is 27.2 Å². The number of imide groups is 1. The Hall–Kier alpha value is -6.11. The lowest BCUT2D eigenvalue weighted by molar-refractivity contribution is -0.134. The van der Waals surface area contributed by atoms with Crippen molar-refractivity contribution in [2.45, 2.75) is 81.9 Å². The van der Waals surface area contributed by atoms with E-state index in [1.165, 1.54) is 10.4 Å². The van der Waals surface area contributed by atoms with Crippen LogP contribution in [0.4, 0.5) is 0 Å². The summed E-state index contributed by atoms with van der Waals surface area (Å²) >= 11 is 0. The molecular formula is C48H49ClN4O12S. The summed E-state index contributed by atoms with van der Waals surface area (Å²) in [6.07, 6.45) is 0.644. The Kier molecular flexibility index (Phi) is 14.6. The maximum absolute atomic E-state index is 13.0. The third-order valence-electron chi connectivity index (χ3n) is 12.4. The zero-order chi connectivity index (χ0) is 46.0. The summed E-state index contributed by atoms with van der Waals surface area (Å²) in [4.78, 5) is 91.5. The van der Waals surface area contributed by atoms with E-state index in [2.05, 4.69) is 4.90 Å². The quantitative estimate of drug-likeness (QED) is 0.165. The standard InChI is InChI=1S/C26H29N3O6S.C22H19NO6.ClH/c1-27-11-13-28(14-12-27)36(33,34)20-8-5-18(6-9-20)17-35-25-4-2-3-21-22(25)16-29(26(21)32)23-10-7-19(30)15-24(23)31;24-11-13-4-6-14(7-5-13)12-29-19-3-1-2-16-20(19)22(28)23(21(16)27)17-9-8-15(25)10-18(17)26;/h2-6,8-9,23H,7,10-17H2,1H3;1-7,17,24H,8-12H2;1H. The minimum atomic E-state index is -3.53. The molecule has 0 radical (unpaired) electrons. The van der Waals surface area contributed by atoms with Gasteiger partial charge in [0.25, 0.3) is 17.7 Å². The summed E-state index contributed by atoms with van der Waals surface area (Å²) < 4.78 is 39.2. The zero-order valence-corrected chi connectivity index (χ0v) is 37.8. The van der Waals surface area contributed by atoms with Crippen LogP contribution in [0.3, 0.4) is 0 Å². The van der Waals surface area contributed by atoms with Gasteiger partial charge in [0.2, 0.25) is 10.0 Å². The maximum atomic E-state index is 13.0. The number of piperazine rings is 1. The molecule has 5 aliphatic rings. The van der Waals surface area contributed by atoms with Crippen LogP contribution in [0.2, 0.25) is 0 Å². The Bertz CT molecular complexity index is 2680. The van der Waals surface area contributed by atoms with Crippen LogP contribution >= 0.6 is 12.4 Å². The number of sulfonamides is 1. The van der Waals surface area contributed by atoms with Gasteiger partial charge in [0.05, 0.1) is 54.1 Å². The maximum Gasteiger partial charge on any atom is 0.266 e. The number of ketones is 4. The number of hydrogen-bond donors (Lipinski definition) is 1. The molecule has 3 heterocycles. The molecule has 1 N–H and O–H groups in total. The molecule has 2 unspecified atom stereocenters. The molecule has 16 nitrogen and oxygen atoms in total. The van der Waals surface area contributed by atoms with Crippen LogP contribution in [0.5, 0.6) is 11.5 Å². The first-order valence-electron chi connectivity index (χ1n) is 21.5. The second-order valence-electron chi connectivity index (χ2n) is 16.8. The molecule has 3 amide bonds. The molecule has 2 saturated carbocycles. The first kappa shape index (κ1) is 47.8. The third-order valence-corrected chi connectivity index (χ3v) is 14.4. The minimum absolute atomic E-state index is 0. The Morgan fingerprint density at radius 2 is 1.15 bits per heavy atom. The second-order valence-corrected chi connectivity index (χ2v) is 18.7. The van der Waals surface area contributed by atoms with Crippen molar-refractivity contribution in [1.82, 2.24) is 19.0 Å². The smallest absolute Gasteiger partial charge is 0.266 e. The molecule has 18 heteroatoms. The first-order chi connectivity index (χ1) is 31.2. The van der Waals surface area contributed by atoms with E-state index in [1.807, 2.05) is 19.2 Å². The molecule has 1 saturated heterocycles. The van der Waals surface area contributed by atoms with Gasteiger partial charge < -0.3 is 24.4 Å². The number of aliphatic hydroxyl groups is 1. The predicted octanol–water partition coefficient (Wildman–Crippen LogP) is 4.31. The number of ether oxygens (including phenoxy) is 2. The highest BCUT2D eigenvalue weighted by atomic mass is 35.5. The van der Waals surface area contributed by atoms with E-state index in [0.29, 0.717) is 50.3 Å². The van der Waals surface area contributed by atoms with E-state index in [1.54, 1.807) is 71.6 Å². The highest BCUT2D eigenvalue weighted by molar-refractivity contribution is 7.89. The van der Waals surface area contributed by atoms with Crippen molar-refractivity contribution in [2.75, 3.05) is 33.2 Å². The molecular weight excluding hydrogens is 892 g/mol. The molecule has 3 aliphatic heterocycles. The number of Topliss-reactive ketones (excluding diaryl/α,β-unsaturated/α-hetero) is 4. The monoisotopic (exact) mass is 940 g/mol. The van der Waals surface area contributed by atoms with Crippen LogP contribution in [-0.4, -0.2) is 119 Å². The van der Waals surface area contributed by atoms with Gasteiger partial charge in [-0.2, -0.15) is 4.31 Å². The number of amides is 3. The molecule has 2 atom stereocenters. The van der Waals surface area contributed by atoms with Crippen LogP contribution in [0.15, 0.2) is 89.8 Å². The normalized spacial score (nSPS) is 20.1. The average molecular weight is 941 g/mol. The van der Waals surface area contributed by atoms with Gasteiger partial charge in [0, 0.05) is 50.1 Å². The Morgan fingerprint density at radius 1 is 0.621 bits per heavy atom. The Labute approximate surface area is 387 Å². The van der Waals surface area contributed by atoms with E-state index >= 15 is 0 Å². The third kappa shape index (κ3) is 9.85. The largest absolute Gasteiger partial charge is 0.489 e. The fourth-order valence-corrected chi connectivity index (χ4v) is 10.1. The van der Waals surface area contributed by atoms with Crippen LogP contribution < -0.4 is 9.47 Å². The summed E-state index contributed by atoms with van der Waals surface area (Å²) in [7, 11) is -1.56. The van der Waals surface area contributed by atoms with Crippen LogP contribution in [0, 0.1) is 0 Å². The van der Waals surface area contributed by atoms with Crippen molar-refractivity contribution in [3.05, 3.63) is 124 Å². The molecule has 66 heavy (non-hydrogen) atoms.